The Morgan fingerprint density at radius 3 is 2.47 bits per heavy atom. The minimum Gasteiger partial charge on any atom is -0.350 e. The van der Waals surface area contributed by atoms with E-state index in [2.05, 4.69) is 42.5 Å². The van der Waals surface area contributed by atoms with Crippen LogP contribution in [0, 0.1) is 0 Å². The van der Waals surface area contributed by atoms with Crippen LogP contribution in [0.2, 0.25) is 0 Å². The Hall–Kier alpha value is -0.390. The van der Waals surface area contributed by atoms with Crippen LogP contribution in [0.1, 0.15) is 39.3 Å². The van der Waals surface area contributed by atoms with Gasteiger partial charge in [0.25, 0.3) is 0 Å². The highest BCUT2D eigenvalue weighted by Crippen LogP contribution is 2.26. The van der Waals surface area contributed by atoms with Gasteiger partial charge in [-0.15, -0.1) is 0 Å². The van der Waals surface area contributed by atoms with Crippen molar-refractivity contribution in [1.29, 1.82) is 0 Å². The van der Waals surface area contributed by atoms with Crippen LogP contribution >= 0.6 is 31.9 Å². The molecule has 5 heteroatoms. The summed E-state index contributed by atoms with van der Waals surface area (Å²) in [5, 5.41) is 6.15. The molecule has 1 atom stereocenters. The average Bonchev–Trinajstić information content (AvgIpc) is 2.23. The van der Waals surface area contributed by atoms with E-state index >= 15 is 0 Å². The van der Waals surface area contributed by atoms with Gasteiger partial charge in [-0.3, -0.25) is 4.79 Å². The lowest BCUT2D eigenvalue weighted by Crippen LogP contribution is -2.45. The van der Waals surface area contributed by atoms with Gasteiger partial charge in [-0.2, -0.15) is 0 Å². The number of halogens is 2. The summed E-state index contributed by atoms with van der Waals surface area (Å²) in [5.41, 5.74) is 0.937. The summed E-state index contributed by atoms with van der Waals surface area (Å²) in [6.45, 7) is 8.26. The van der Waals surface area contributed by atoms with Crippen LogP contribution in [0.15, 0.2) is 27.1 Å². The number of hydrogen-bond donors (Lipinski definition) is 2. The molecule has 19 heavy (non-hydrogen) atoms. The molecule has 2 N–H and O–H groups in total. The number of hydrogen-bond acceptors (Lipinski definition) is 2. The lowest BCUT2D eigenvalue weighted by molar-refractivity contribution is -0.121. The quantitative estimate of drug-likeness (QED) is 0.819. The normalized spacial score (nSPS) is 13.2. The Bertz CT molecular complexity index is 455. The summed E-state index contributed by atoms with van der Waals surface area (Å²) >= 11 is 6.96. The molecule has 1 rings (SSSR count). The maximum Gasteiger partial charge on any atom is 0.234 e. The van der Waals surface area contributed by atoms with E-state index in [1.54, 1.807) is 0 Å². The number of rotatable bonds is 4. The molecule has 1 aromatic rings. The van der Waals surface area contributed by atoms with E-state index in [9.17, 15) is 4.79 Å². The molecule has 0 aromatic heterocycles. The summed E-state index contributed by atoms with van der Waals surface area (Å²) in [6, 6.07) is 6.14. The van der Waals surface area contributed by atoms with E-state index < -0.39 is 0 Å². The second kappa shape index (κ2) is 6.86. The molecule has 0 aliphatic rings. The molecule has 0 bridgehead atoms. The van der Waals surface area contributed by atoms with E-state index in [-0.39, 0.29) is 17.5 Å². The zero-order valence-corrected chi connectivity index (χ0v) is 14.9. The number of carbonyl (C=O) groups excluding carboxylic acids is 1. The molecule has 0 heterocycles. The molecule has 1 amide bonds. The predicted molar refractivity (Wildman–Crippen MR) is 86.2 cm³/mol. The largest absolute Gasteiger partial charge is 0.350 e. The SMILES string of the molecule is CC(NCC(=O)NC(C)(C)C)c1ccc(Br)cc1Br. The zero-order valence-electron chi connectivity index (χ0n) is 11.7. The fourth-order valence-electron chi connectivity index (χ4n) is 1.67. The standard InChI is InChI=1S/C14H20Br2N2O/c1-9(11-6-5-10(15)7-12(11)16)17-8-13(19)18-14(2,3)4/h5-7,9,17H,8H2,1-4H3,(H,18,19). The zero-order chi connectivity index (χ0) is 14.6. The first-order valence-corrected chi connectivity index (χ1v) is 7.77. The Labute approximate surface area is 131 Å². The van der Waals surface area contributed by atoms with Gasteiger partial charge in [0.15, 0.2) is 0 Å². The van der Waals surface area contributed by atoms with Gasteiger partial charge in [-0.1, -0.05) is 37.9 Å². The first-order chi connectivity index (χ1) is 8.69. The molecule has 0 saturated carbocycles. The first kappa shape index (κ1) is 16.7. The Balaban J connectivity index is 2.56. The highest BCUT2D eigenvalue weighted by molar-refractivity contribution is 9.11. The highest BCUT2D eigenvalue weighted by atomic mass is 79.9. The van der Waals surface area contributed by atoms with Crippen LogP contribution in [0.3, 0.4) is 0 Å². The monoisotopic (exact) mass is 390 g/mol. The van der Waals surface area contributed by atoms with Gasteiger partial charge in [0.2, 0.25) is 5.91 Å². The summed E-state index contributed by atoms with van der Waals surface area (Å²) in [4.78, 5) is 11.7. The van der Waals surface area contributed by atoms with Crippen molar-refractivity contribution in [2.45, 2.75) is 39.3 Å². The van der Waals surface area contributed by atoms with Gasteiger partial charge in [-0.25, -0.2) is 0 Å². The van der Waals surface area contributed by atoms with Gasteiger partial charge in [0.1, 0.15) is 0 Å². The maximum atomic E-state index is 11.7. The van der Waals surface area contributed by atoms with E-state index in [0.717, 1.165) is 14.5 Å². The van der Waals surface area contributed by atoms with Crippen LogP contribution in [0.5, 0.6) is 0 Å². The van der Waals surface area contributed by atoms with E-state index in [1.165, 1.54) is 0 Å². The van der Waals surface area contributed by atoms with Crippen molar-refractivity contribution >= 4 is 37.8 Å². The molecule has 106 valence electrons. The van der Waals surface area contributed by atoms with E-state index in [1.807, 2.05) is 45.9 Å². The second-order valence-corrected chi connectivity index (χ2v) is 7.34. The van der Waals surface area contributed by atoms with Crippen LogP contribution in [-0.4, -0.2) is 18.0 Å². The van der Waals surface area contributed by atoms with E-state index in [0.29, 0.717) is 6.54 Å². The molecule has 0 spiro atoms. The third kappa shape index (κ3) is 6.06. The third-order valence-corrected chi connectivity index (χ3v) is 3.69. The van der Waals surface area contributed by atoms with Crippen LogP contribution in [-0.2, 0) is 4.79 Å². The van der Waals surface area contributed by atoms with Crippen molar-refractivity contribution in [1.82, 2.24) is 10.6 Å². The fraction of sp³-hybridized carbons (Fsp3) is 0.500. The predicted octanol–water partition coefficient (Wildman–Crippen LogP) is 3.78. The molecular formula is C14H20Br2N2O. The molecule has 0 aliphatic heterocycles. The lowest BCUT2D eigenvalue weighted by atomic mass is 10.1. The average molecular weight is 392 g/mol. The first-order valence-electron chi connectivity index (χ1n) is 6.18. The van der Waals surface area contributed by atoms with Crippen LogP contribution in [0.25, 0.3) is 0 Å². The summed E-state index contributed by atoms with van der Waals surface area (Å²) < 4.78 is 2.05. The minimum atomic E-state index is -0.194. The number of amides is 1. The molecule has 1 aromatic carbocycles. The Morgan fingerprint density at radius 2 is 1.95 bits per heavy atom. The van der Waals surface area contributed by atoms with Gasteiger partial charge < -0.3 is 10.6 Å². The van der Waals surface area contributed by atoms with Crippen molar-refractivity contribution in [3.8, 4) is 0 Å². The molecule has 3 nitrogen and oxygen atoms in total. The highest BCUT2D eigenvalue weighted by Gasteiger charge is 2.15. The van der Waals surface area contributed by atoms with E-state index in [4.69, 9.17) is 0 Å². The van der Waals surface area contributed by atoms with Crippen LogP contribution < -0.4 is 10.6 Å². The summed E-state index contributed by atoms with van der Waals surface area (Å²) in [6.07, 6.45) is 0. The maximum absolute atomic E-state index is 11.7. The molecular weight excluding hydrogens is 372 g/mol. The molecule has 0 fully saturated rings. The topological polar surface area (TPSA) is 41.1 Å². The fourth-order valence-corrected chi connectivity index (χ4v) is 3.06. The van der Waals surface area contributed by atoms with Gasteiger partial charge >= 0.3 is 0 Å². The second-order valence-electron chi connectivity index (χ2n) is 5.57. The molecule has 0 radical (unpaired) electrons. The van der Waals surface area contributed by atoms with Crippen molar-refractivity contribution < 1.29 is 4.79 Å². The Morgan fingerprint density at radius 1 is 1.32 bits per heavy atom. The summed E-state index contributed by atoms with van der Waals surface area (Å²) in [7, 11) is 0. The number of carbonyl (C=O) groups is 1. The van der Waals surface area contributed by atoms with Crippen molar-refractivity contribution in [2.75, 3.05) is 6.54 Å². The Kier molecular flexibility index (Phi) is 6.02. The number of nitrogens with one attached hydrogen (secondary N) is 2. The van der Waals surface area contributed by atoms with Gasteiger partial charge in [0, 0.05) is 20.5 Å². The third-order valence-electron chi connectivity index (χ3n) is 2.51. The molecule has 1 unspecified atom stereocenters. The molecule has 0 aliphatic carbocycles. The van der Waals surface area contributed by atoms with Gasteiger partial charge in [-0.05, 0) is 45.4 Å². The summed E-state index contributed by atoms with van der Waals surface area (Å²) in [5.74, 6) is 0.00702. The van der Waals surface area contributed by atoms with Crippen molar-refractivity contribution in [2.24, 2.45) is 0 Å². The minimum absolute atomic E-state index is 0.00702. The smallest absolute Gasteiger partial charge is 0.234 e. The van der Waals surface area contributed by atoms with Crippen molar-refractivity contribution in [3.63, 3.8) is 0 Å². The number of benzene rings is 1. The van der Waals surface area contributed by atoms with Crippen molar-refractivity contribution in [3.05, 3.63) is 32.7 Å². The van der Waals surface area contributed by atoms with Crippen LogP contribution in [0.4, 0.5) is 0 Å². The van der Waals surface area contributed by atoms with Gasteiger partial charge in [0.05, 0.1) is 6.54 Å². The lowest BCUT2D eigenvalue weighted by Gasteiger charge is -2.22. The molecule has 0 saturated heterocycles.